The topological polar surface area (TPSA) is 21.3 Å². The highest BCUT2D eigenvalue weighted by atomic mass is 16.5. The molecule has 1 aromatic rings. The number of rotatable bonds is 11. The zero-order valence-corrected chi connectivity index (χ0v) is 17.6. The molecule has 0 saturated carbocycles. The van der Waals surface area contributed by atoms with Crippen molar-refractivity contribution in [2.45, 2.75) is 66.2 Å². The molecule has 0 spiro atoms. The summed E-state index contributed by atoms with van der Waals surface area (Å²) < 4.78 is 5.82. The van der Waals surface area contributed by atoms with E-state index in [4.69, 9.17) is 4.74 Å². The molecule has 1 rings (SSSR count). The third-order valence-corrected chi connectivity index (χ3v) is 4.71. The number of benzene rings is 1. The molecule has 0 bridgehead atoms. The summed E-state index contributed by atoms with van der Waals surface area (Å²) in [6.45, 7) is 8.87. The van der Waals surface area contributed by atoms with Crippen LogP contribution >= 0.6 is 0 Å². The zero-order chi connectivity index (χ0) is 19.4. The van der Waals surface area contributed by atoms with Crippen LogP contribution in [0.5, 0.6) is 0 Å². The summed E-state index contributed by atoms with van der Waals surface area (Å²) in [7, 11) is 3.72. The van der Waals surface area contributed by atoms with Gasteiger partial charge in [-0.05, 0) is 60.4 Å². The largest absolute Gasteiger partial charge is 0.496 e. The first-order valence-electron chi connectivity index (χ1n) is 10.1. The van der Waals surface area contributed by atoms with Gasteiger partial charge < -0.3 is 10.1 Å². The van der Waals surface area contributed by atoms with Crippen LogP contribution in [0, 0.1) is 0 Å². The average molecular weight is 356 g/mol. The van der Waals surface area contributed by atoms with Crippen LogP contribution in [-0.4, -0.2) is 14.2 Å². The van der Waals surface area contributed by atoms with E-state index in [1.165, 1.54) is 27.8 Å². The van der Waals surface area contributed by atoms with Crippen LogP contribution < -0.4 is 5.32 Å². The summed E-state index contributed by atoms with van der Waals surface area (Å²) in [5, 5.41) is 3.20. The molecule has 0 aromatic heterocycles. The van der Waals surface area contributed by atoms with E-state index in [1.807, 2.05) is 7.05 Å². The first-order chi connectivity index (χ1) is 12.7. The van der Waals surface area contributed by atoms with Crippen molar-refractivity contribution in [1.82, 2.24) is 5.32 Å². The molecule has 1 N–H and O–H groups in total. The molecular formula is C24H37NO. The predicted octanol–water partition coefficient (Wildman–Crippen LogP) is 6.12. The van der Waals surface area contributed by atoms with E-state index in [0.29, 0.717) is 0 Å². The predicted molar refractivity (Wildman–Crippen MR) is 114 cm³/mol. The molecule has 0 unspecified atom stereocenters. The lowest BCUT2D eigenvalue weighted by Gasteiger charge is -2.16. The van der Waals surface area contributed by atoms with Gasteiger partial charge in [0.1, 0.15) is 5.76 Å². The third kappa shape index (κ3) is 6.09. The lowest BCUT2D eigenvalue weighted by molar-refractivity contribution is 0.299. The highest BCUT2D eigenvalue weighted by Crippen LogP contribution is 2.26. The highest BCUT2D eigenvalue weighted by molar-refractivity contribution is 5.45. The molecular weight excluding hydrogens is 318 g/mol. The molecule has 0 amide bonds. The van der Waals surface area contributed by atoms with Gasteiger partial charge in [-0.15, -0.1) is 0 Å². The summed E-state index contributed by atoms with van der Waals surface area (Å²) >= 11 is 0. The van der Waals surface area contributed by atoms with Gasteiger partial charge in [-0.2, -0.15) is 0 Å². The number of hydrogen-bond donors (Lipinski definition) is 1. The van der Waals surface area contributed by atoms with Crippen LogP contribution in [0.25, 0.3) is 0 Å². The van der Waals surface area contributed by atoms with Gasteiger partial charge >= 0.3 is 0 Å². The van der Waals surface area contributed by atoms with Crippen LogP contribution in [0.4, 0.5) is 0 Å². The van der Waals surface area contributed by atoms with Crippen LogP contribution in [0.15, 0.2) is 53.5 Å². The van der Waals surface area contributed by atoms with Crippen molar-refractivity contribution in [1.29, 1.82) is 0 Å². The van der Waals surface area contributed by atoms with Crippen molar-refractivity contribution in [3.05, 3.63) is 70.1 Å². The number of hydrogen-bond acceptors (Lipinski definition) is 2. The molecule has 0 atom stereocenters. The standard InChI is InChI=1S/C24H37NO/c1-7-12-21(13-8-2)23(18-25-5)24(26-6)17-16-22-19(9-3)14-11-15-20(22)10-4/h11-12,14-15,17-18,25H,7-10,13,16H2,1-6H3/b21-12-,23-18-,24-17+. The van der Waals surface area contributed by atoms with Crippen molar-refractivity contribution in [2.75, 3.05) is 14.2 Å². The quantitative estimate of drug-likeness (QED) is 0.381. The molecule has 2 nitrogen and oxygen atoms in total. The molecule has 26 heavy (non-hydrogen) atoms. The number of allylic oxidation sites excluding steroid dienone is 3. The molecule has 144 valence electrons. The lowest BCUT2D eigenvalue weighted by Crippen LogP contribution is -2.05. The minimum atomic E-state index is 0.906. The molecule has 0 aliphatic rings. The molecule has 0 saturated heterocycles. The van der Waals surface area contributed by atoms with E-state index in [0.717, 1.165) is 44.3 Å². The Balaban J connectivity index is 3.27. The van der Waals surface area contributed by atoms with Gasteiger partial charge in [0, 0.05) is 18.8 Å². The smallest absolute Gasteiger partial charge is 0.124 e. The van der Waals surface area contributed by atoms with Gasteiger partial charge in [-0.25, -0.2) is 0 Å². The Morgan fingerprint density at radius 1 is 1.04 bits per heavy atom. The fourth-order valence-electron chi connectivity index (χ4n) is 3.44. The SMILES string of the molecule is CC\C=C(CCC)/C(=C/NC)C(=C\Cc1c(CC)cccc1CC)/OC. The van der Waals surface area contributed by atoms with Crippen molar-refractivity contribution < 1.29 is 4.74 Å². The summed E-state index contributed by atoms with van der Waals surface area (Å²) in [5.41, 5.74) is 6.86. The van der Waals surface area contributed by atoms with Gasteiger partial charge in [0.05, 0.1) is 7.11 Å². The number of ether oxygens (including phenoxy) is 1. The second-order valence-electron chi connectivity index (χ2n) is 6.47. The molecule has 0 heterocycles. The van der Waals surface area contributed by atoms with E-state index in [2.05, 4.69) is 69.6 Å². The van der Waals surface area contributed by atoms with Crippen molar-refractivity contribution in [3.8, 4) is 0 Å². The fraction of sp³-hybridized carbons (Fsp3) is 0.500. The maximum atomic E-state index is 5.82. The molecule has 2 heteroatoms. The average Bonchev–Trinajstić information content (AvgIpc) is 2.67. The van der Waals surface area contributed by atoms with Gasteiger partial charge in [-0.1, -0.05) is 58.4 Å². The van der Waals surface area contributed by atoms with Crippen molar-refractivity contribution in [3.63, 3.8) is 0 Å². The van der Waals surface area contributed by atoms with Crippen LogP contribution in [0.2, 0.25) is 0 Å². The monoisotopic (exact) mass is 355 g/mol. The fourth-order valence-corrected chi connectivity index (χ4v) is 3.44. The first kappa shape index (κ1) is 22.1. The van der Waals surface area contributed by atoms with Crippen LogP contribution in [0.1, 0.15) is 63.6 Å². The second kappa shape index (κ2) is 12.4. The Kier molecular flexibility index (Phi) is 10.5. The molecule has 1 aromatic carbocycles. The van der Waals surface area contributed by atoms with E-state index in [-0.39, 0.29) is 0 Å². The second-order valence-corrected chi connectivity index (χ2v) is 6.47. The summed E-state index contributed by atoms with van der Waals surface area (Å²) in [4.78, 5) is 0. The van der Waals surface area contributed by atoms with E-state index in [1.54, 1.807) is 7.11 Å². The van der Waals surface area contributed by atoms with Gasteiger partial charge in [0.15, 0.2) is 0 Å². The Morgan fingerprint density at radius 2 is 1.69 bits per heavy atom. The molecule has 0 radical (unpaired) electrons. The highest BCUT2D eigenvalue weighted by Gasteiger charge is 2.12. The van der Waals surface area contributed by atoms with Crippen molar-refractivity contribution >= 4 is 0 Å². The third-order valence-electron chi connectivity index (χ3n) is 4.71. The Morgan fingerprint density at radius 3 is 2.15 bits per heavy atom. The Bertz CT molecular complexity index is 615. The van der Waals surface area contributed by atoms with E-state index < -0.39 is 0 Å². The van der Waals surface area contributed by atoms with Gasteiger partial charge in [-0.3, -0.25) is 0 Å². The minimum absolute atomic E-state index is 0.906. The summed E-state index contributed by atoms with van der Waals surface area (Å²) in [6.07, 6.45) is 12.9. The van der Waals surface area contributed by atoms with Gasteiger partial charge in [0.25, 0.3) is 0 Å². The number of nitrogens with one attached hydrogen (secondary N) is 1. The minimum Gasteiger partial charge on any atom is -0.496 e. The first-order valence-corrected chi connectivity index (χ1v) is 10.1. The van der Waals surface area contributed by atoms with E-state index in [9.17, 15) is 0 Å². The molecule has 0 fully saturated rings. The Labute approximate surface area is 161 Å². The summed E-state index contributed by atoms with van der Waals surface area (Å²) in [6, 6.07) is 6.68. The zero-order valence-electron chi connectivity index (χ0n) is 17.6. The number of aryl methyl sites for hydroxylation is 2. The maximum absolute atomic E-state index is 5.82. The van der Waals surface area contributed by atoms with Crippen LogP contribution in [0.3, 0.4) is 0 Å². The number of methoxy groups -OCH3 is 1. The normalized spacial score (nSPS) is 13.1. The van der Waals surface area contributed by atoms with Crippen LogP contribution in [-0.2, 0) is 24.0 Å². The van der Waals surface area contributed by atoms with Gasteiger partial charge in [0.2, 0.25) is 0 Å². The molecule has 0 aliphatic carbocycles. The summed E-state index contributed by atoms with van der Waals surface area (Å²) in [5.74, 6) is 0.959. The van der Waals surface area contributed by atoms with E-state index >= 15 is 0 Å². The lowest BCUT2D eigenvalue weighted by atomic mass is 9.93. The Hall–Kier alpha value is -1.96. The van der Waals surface area contributed by atoms with Crippen molar-refractivity contribution in [2.24, 2.45) is 0 Å². The molecule has 0 aliphatic heterocycles. The maximum Gasteiger partial charge on any atom is 0.124 e.